The number of esters is 1. The molecule has 0 radical (unpaired) electrons. The summed E-state index contributed by atoms with van der Waals surface area (Å²) >= 11 is 0.932. The maximum Gasteiger partial charge on any atom is 0.338 e. The van der Waals surface area contributed by atoms with Crippen molar-refractivity contribution in [2.24, 2.45) is 0 Å². The van der Waals surface area contributed by atoms with Gasteiger partial charge < -0.3 is 14.8 Å². The minimum Gasteiger partial charge on any atom is -0.457 e. The Morgan fingerprint density at radius 3 is 2.34 bits per heavy atom. The molecule has 0 spiro atoms. The first-order chi connectivity index (χ1) is 14.0. The van der Waals surface area contributed by atoms with Crippen molar-refractivity contribution < 1.29 is 28.7 Å². The molecule has 0 saturated carbocycles. The van der Waals surface area contributed by atoms with Crippen LogP contribution in [0.25, 0.3) is 0 Å². The third kappa shape index (κ3) is 5.82. The lowest BCUT2D eigenvalue weighted by atomic mass is 10.2. The zero-order valence-corrected chi connectivity index (χ0v) is 16.1. The summed E-state index contributed by atoms with van der Waals surface area (Å²) in [6.07, 6.45) is 0. The molecule has 1 aliphatic rings. The number of hydrogen-bond acceptors (Lipinski definition) is 7. The second-order valence-corrected chi connectivity index (χ2v) is 6.89. The summed E-state index contributed by atoms with van der Waals surface area (Å²) in [6.45, 7) is -0.273. The summed E-state index contributed by atoms with van der Waals surface area (Å²) in [4.78, 5) is 47.8. The van der Waals surface area contributed by atoms with Gasteiger partial charge in [-0.15, -0.1) is 0 Å². The topological polar surface area (TPSA) is 102 Å². The summed E-state index contributed by atoms with van der Waals surface area (Å²) in [7, 11) is 0. The van der Waals surface area contributed by atoms with E-state index in [0.717, 1.165) is 16.7 Å². The molecule has 0 unspecified atom stereocenters. The Morgan fingerprint density at radius 2 is 1.69 bits per heavy atom. The van der Waals surface area contributed by atoms with Crippen molar-refractivity contribution in [3.63, 3.8) is 0 Å². The number of nitrogens with zero attached hydrogens (tertiary/aromatic N) is 1. The van der Waals surface area contributed by atoms with Crippen LogP contribution in [0.15, 0.2) is 54.6 Å². The van der Waals surface area contributed by atoms with Crippen LogP contribution in [-0.2, 0) is 14.3 Å². The van der Waals surface area contributed by atoms with E-state index in [4.69, 9.17) is 9.47 Å². The number of thioether (sulfide) groups is 1. The van der Waals surface area contributed by atoms with E-state index in [2.05, 4.69) is 5.32 Å². The van der Waals surface area contributed by atoms with Crippen LogP contribution in [0, 0.1) is 0 Å². The molecule has 150 valence electrons. The molecular formula is C20H18N2O6S. The Bertz CT molecular complexity index is 885. The Labute approximate surface area is 171 Å². The molecule has 3 amide bonds. The first kappa shape index (κ1) is 20.4. The molecule has 1 N–H and O–H groups in total. The zero-order chi connectivity index (χ0) is 20.6. The van der Waals surface area contributed by atoms with Gasteiger partial charge in [-0.25, -0.2) is 4.79 Å². The van der Waals surface area contributed by atoms with Crippen LogP contribution < -0.4 is 10.1 Å². The molecule has 0 bridgehead atoms. The van der Waals surface area contributed by atoms with Crippen molar-refractivity contribution in [3.05, 3.63) is 60.2 Å². The molecule has 1 saturated heterocycles. The van der Waals surface area contributed by atoms with Gasteiger partial charge in [-0.05, 0) is 36.4 Å². The van der Waals surface area contributed by atoms with Crippen LogP contribution in [0.3, 0.4) is 0 Å². The fraction of sp³-hybridized carbons (Fsp3) is 0.200. The monoisotopic (exact) mass is 414 g/mol. The molecule has 3 rings (SSSR count). The molecule has 0 aromatic heterocycles. The number of ether oxygens (including phenoxy) is 2. The van der Waals surface area contributed by atoms with Crippen LogP contribution in [0.1, 0.15) is 10.4 Å². The van der Waals surface area contributed by atoms with Gasteiger partial charge in [0.15, 0.2) is 6.61 Å². The number of carbonyl (C=O) groups excluding carboxylic acids is 4. The number of para-hydroxylation sites is 1. The molecule has 1 heterocycles. The largest absolute Gasteiger partial charge is 0.457 e. The summed E-state index contributed by atoms with van der Waals surface area (Å²) in [5.74, 6) is -0.0770. The lowest BCUT2D eigenvalue weighted by Gasteiger charge is -2.13. The number of nitrogens with one attached hydrogen (secondary N) is 1. The number of rotatable bonds is 8. The van der Waals surface area contributed by atoms with E-state index >= 15 is 0 Å². The lowest BCUT2D eigenvalue weighted by Crippen LogP contribution is -2.38. The van der Waals surface area contributed by atoms with Crippen LogP contribution >= 0.6 is 11.8 Å². The predicted octanol–water partition coefficient (Wildman–Crippen LogP) is 2.45. The summed E-state index contributed by atoms with van der Waals surface area (Å²) in [6, 6.07) is 15.6. The third-order valence-corrected chi connectivity index (χ3v) is 4.76. The lowest BCUT2D eigenvalue weighted by molar-refractivity contribution is -0.126. The number of benzene rings is 2. The minimum atomic E-state index is -0.646. The van der Waals surface area contributed by atoms with Crippen molar-refractivity contribution in [2.75, 3.05) is 25.4 Å². The highest BCUT2D eigenvalue weighted by Gasteiger charge is 2.29. The van der Waals surface area contributed by atoms with Gasteiger partial charge in [0, 0.05) is 13.1 Å². The van der Waals surface area contributed by atoms with E-state index in [1.54, 1.807) is 24.3 Å². The highest BCUT2D eigenvalue weighted by molar-refractivity contribution is 8.14. The fourth-order valence-electron chi connectivity index (χ4n) is 2.45. The van der Waals surface area contributed by atoms with E-state index in [9.17, 15) is 19.2 Å². The molecule has 0 aliphatic carbocycles. The molecule has 8 nitrogen and oxygen atoms in total. The van der Waals surface area contributed by atoms with Gasteiger partial charge in [0.05, 0.1) is 11.3 Å². The zero-order valence-electron chi connectivity index (χ0n) is 15.3. The second kappa shape index (κ2) is 9.74. The quantitative estimate of drug-likeness (QED) is 0.662. The number of carbonyl (C=O) groups is 4. The van der Waals surface area contributed by atoms with Crippen LogP contribution in [0.2, 0.25) is 0 Å². The molecule has 29 heavy (non-hydrogen) atoms. The Morgan fingerprint density at radius 1 is 1.00 bits per heavy atom. The van der Waals surface area contributed by atoms with E-state index in [1.165, 1.54) is 0 Å². The van der Waals surface area contributed by atoms with Crippen molar-refractivity contribution >= 4 is 34.8 Å². The summed E-state index contributed by atoms with van der Waals surface area (Å²) in [5.41, 5.74) is 0.281. The molecule has 2 aromatic carbocycles. The summed E-state index contributed by atoms with van der Waals surface area (Å²) in [5, 5.41) is 2.18. The highest BCUT2D eigenvalue weighted by atomic mass is 32.2. The van der Waals surface area contributed by atoms with Gasteiger partial charge in [-0.2, -0.15) is 0 Å². The first-order valence-corrected chi connectivity index (χ1v) is 9.75. The Balaban J connectivity index is 1.40. The SMILES string of the molecule is O=C(COC(=O)c1ccc(Oc2ccccc2)cc1)NCCN1C(=O)CSC1=O. The molecular weight excluding hydrogens is 396 g/mol. The van der Waals surface area contributed by atoms with Crippen molar-refractivity contribution in [1.29, 1.82) is 0 Å². The van der Waals surface area contributed by atoms with E-state index in [0.29, 0.717) is 11.5 Å². The van der Waals surface area contributed by atoms with Gasteiger partial charge in [0.2, 0.25) is 5.91 Å². The van der Waals surface area contributed by atoms with Gasteiger partial charge in [0.25, 0.3) is 11.1 Å². The van der Waals surface area contributed by atoms with Gasteiger partial charge >= 0.3 is 5.97 Å². The number of imide groups is 1. The van der Waals surface area contributed by atoms with E-state index < -0.39 is 18.5 Å². The standard InChI is InChI=1S/C20H18N2O6S/c23-17(21-10-11-22-18(24)13-29-20(22)26)12-27-19(25)14-6-8-16(9-7-14)28-15-4-2-1-3-5-15/h1-9H,10-13H2,(H,21,23). The smallest absolute Gasteiger partial charge is 0.338 e. The van der Waals surface area contributed by atoms with Gasteiger partial charge in [0.1, 0.15) is 11.5 Å². The average Bonchev–Trinajstić information content (AvgIpc) is 3.05. The van der Waals surface area contributed by atoms with E-state index in [-0.39, 0.29) is 35.6 Å². The normalized spacial score (nSPS) is 13.3. The number of amides is 3. The Kier molecular flexibility index (Phi) is 6.85. The van der Waals surface area contributed by atoms with Crippen molar-refractivity contribution in [3.8, 4) is 11.5 Å². The average molecular weight is 414 g/mol. The van der Waals surface area contributed by atoms with Crippen LogP contribution in [-0.4, -0.2) is 53.4 Å². The first-order valence-electron chi connectivity index (χ1n) is 8.77. The number of hydrogen-bond donors (Lipinski definition) is 1. The fourth-order valence-corrected chi connectivity index (χ4v) is 3.21. The maximum atomic E-state index is 12.0. The van der Waals surface area contributed by atoms with Crippen LogP contribution in [0.4, 0.5) is 4.79 Å². The van der Waals surface area contributed by atoms with Gasteiger partial charge in [-0.3, -0.25) is 19.3 Å². The molecule has 1 aliphatic heterocycles. The van der Waals surface area contributed by atoms with Crippen LogP contribution in [0.5, 0.6) is 11.5 Å². The third-order valence-electron chi connectivity index (χ3n) is 3.90. The van der Waals surface area contributed by atoms with Crippen molar-refractivity contribution in [2.45, 2.75) is 0 Å². The second-order valence-electron chi connectivity index (χ2n) is 5.97. The minimum absolute atomic E-state index is 0.0905. The maximum absolute atomic E-state index is 12.0. The predicted molar refractivity (Wildman–Crippen MR) is 106 cm³/mol. The molecule has 2 aromatic rings. The summed E-state index contributed by atoms with van der Waals surface area (Å²) < 4.78 is 10.6. The van der Waals surface area contributed by atoms with Crippen molar-refractivity contribution in [1.82, 2.24) is 10.2 Å². The molecule has 0 atom stereocenters. The highest BCUT2D eigenvalue weighted by Crippen LogP contribution is 2.21. The van der Waals surface area contributed by atoms with Gasteiger partial charge in [-0.1, -0.05) is 30.0 Å². The molecule has 1 fully saturated rings. The Hall–Kier alpha value is -3.33. The van der Waals surface area contributed by atoms with E-state index in [1.807, 2.05) is 30.3 Å². The molecule has 9 heteroatoms.